The van der Waals surface area contributed by atoms with Crippen molar-refractivity contribution in [1.29, 1.82) is 0 Å². The highest BCUT2D eigenvalue weighted by Gasteiger charge is 2.05. The van der Waals surface area contributed by atoms with Gasteiger partial charge in [0.25, 0.3) is 0 Å². The van der Waals surface area contributed by atoms with Crippen molar-refractivity contribution >= 4 is 22.9 Å². The van der Waals surface area contributed by atoms with Gasteiger partial charge in [0, 0.05) is 0 Å². The van der Waals surface area contributed by atoms with E-state index >= 15 is 0 Å². The minimum atomic E-state index is -0.376. The summed E-state index contributed by atoms with van der Waals surface area (Å²) in [6.45, 7) is 0. The molecule has 0 aliphatic heterocycles. The van der Waals surface area contributed by atoms with Gasteiger partial charge in [0.15, 0.2) is 5.01 Å². The maximum Gasteiger partial charge on any atom is 0.207 e. The number of hydrogen-bond donors (Lipinski definition) is 0. The van der Waals surface area contributed by atoms with Crippen LogP contribution in [0.15, 0.2) is 18.3 Å². The summed E-state index contributed by atoms with van der Waals surface area (Å²) < 4.78 is 12.8. The molecule has 0 atom stereocenters. The van der Waals surface area contributed by atoms with Crippen LogP contribution in [0.25, 0.3) is 10.7 Å². The molecule has 13 heavy (non-hydrogen) atoms. The van der Waals surface area contributed by atoms with Gasteiger partial charge < -0.3 is 0 Å². The molecule has 0 N–H and O–H groups in total. The molecule has 0 aromatic carbocycles. The molecule has 0 radical (unpaired) electrons. The second-order valence-corrected chi connectivity index (χ2v) is 3.78. The van der Waals surface area contributed by atoms with Gasteiger partial charge in [0.1, 0.15) is 11.5 Å². The molecule has 0 bridgehead atoms. The fourth-order valence-corrected chi connectivity index (χ4v) is 1.62. The average Bonchev–Trinajstić information content (AvgIpc) is 2.53. The SMILES string of the molecule is Fc1ccc(-c2nnc(Cl)s2)nc1. The summed E-state index contributed by atoms with van der Waals surface area (Å²) in [6, 6.07) is 2.85. The predicted octanol–water partition coefficient (Wildman–Crippen LogP) is 2.39. The van der Waals surface area contributed by atoms with Crippen LogP contribution in [0.4, 0.5) is 4.39 Å². The Balaban J connectivity index is 2.41. The van der Waals surface area contributed by atoms with E-state index < -0.39 is 0 Å². The molecule has 6 heteroatoms. The Morgan fingerprint density at radius 3 is 2.69 bits per heavy atom. The molecule has 0 fully saturated rings. The van der Waals surface area contributed by atoms with E-state index in [0.29, 0.717) is 15.2 Å². The quantitative estimate of drug-likeness (QED) is 0.733. The third-order valence-corrected chi connectivity index (χ3v) is 2.39. The summed E-state index contributed by atoms with van der Waals surface area (Å²) in [7, 11) is 0. The maximum absolute atomic E-state index is 12.5. The van der Waals surface area contributed by atoms with Crippen molar-refractivity contribution in [2.45, 2.75) is 0 Å². The van der Waals surface area contributed by atoms with E-state index in [2.05, 4.69) is 15.2 Å². The summed E-state index contributed by atoms with van der Waals surface area (Å²) in [4.78, 5) is 3.84. The van der Waals surface area contributed by atoms with Gasteiger partial charge in [-0.1, -0.05) is 11.3 Å². The fraction of sp³-hybridized carbons (Fsp3) is 0. The van der Waals surface area contributed by atoms with Crippen molar-refractivity contribution in [2.75, 3.05) is 0 Å². The zero-order chi connectivity index (χ0) is 9.26. The summed E-state index contributed by atoms with van der Waals surface area (Å²) in [6.07, 6.45) is 1.13. The number of rotatable bonds is 1. The second kappa shape index (κ2) is 3.35. The number of hydrogen-bond acceptors (Lipinski definition) is 4. The van der Waals surface area contributed by atoms with E-state index in [-0.39, 0.29) is 5.82 Å². The molecule has 0 spiro atoms. The smallest absolute Gasteiger partial charge is 0.207 e. The molecular formula is C7H3ClFN3S. The van der Waals surface area contributed by atoms with Crippen molar-refractivity contribution < 1.29 is 4.39 Å². The first-order valence-electron chi connectivity index (χ1n) is 3.36. The molecule has 2 heterocycles. The van der Waals surface area contributed by atoms with Crippen LogP contribution in [0, 0.1) is 5.82 Å². The van der Waals surface area contributed by atoms with Gasteiger partial charge in [-0.05, 0) is 23.7 Å². The van der Waals surface area contributed by atoms with Gasteiger partial charge in [0.05, 0.1) is 6.20 Å². The average molecular weight is 216 g/mol. The number of aromatic nitrogens is 3. The van der Waals surface area contributed by atoms with Crippen LogP contribution >= 0.6 is 22.9 Å². The molecule has 66 valence electrons. The summed E-state index contributed by atoms with van der Waals surface area (Å²) in [5.74, 6) is -0.376. The molecule has 2 rings (SSSR count). The summed E-state index contributed by atoms with van der Waals surface area (Å²) in [5.41, 5.74) is 0.575. The van der Waals surface area contributed by atoms with Gasteiger partial charge >= 0.3 is 0 Å². The zero-order valence-corrected chi connectivity index (χ0v) is 7.81. The van der Waals surface area contributed by atoms with Crippen LogP contribution in [-0.2, 0) is 0 Å². The van der Waals surface area contributed by atoms with Crippen LogP contribution in [0.5, 0.6) is 0 Å². The lowest BCUT2D eigenvalue weighted by Crippen LogP contribution is -1.83. The lowest BCUT2D eigenvalue weighted by atomic mass is 10.4. The van der Waals surface area contributed by atoms with E-state index in [4.69, 9.17) is 11.6 Å². The molecule has 0 aliphatic rings. The van der Waals surface area contributed by atoms with Crippen LogP contribution in [0.3, 0.4) is 0 Å². The molecule has 0 saturated carbocycles. The molecule has 0 saturated heterocycles. The Kier molecular flexibility index (Phi) is 2.20. The standard InChI is InChI=1S/C7H3ClFN3S/c8-7-12-11-6(13-7)5-2-1-4(9)3-10-5/h1-3H. The van der Waals surface area contributed by atoms with Crippen LogP contribution in [0.2, 0.25) is 4.47 Å². The van der Waals surface area contributed by atoms with E-state index in [0.717, 1.165) is 6.20 Å². The molecule has 2 aromatic rings. The van der Waals surface area contributed by atoms with Gasteiger partial charge in [-0.2, -0.15) is 0 Å². The highest BCUT2D eigenvalue weighted by Crippen LogP contribution is 2.23. The fourth-order valence-electron chi connectivity index (χ4n) is 0.811. The first-order chi connectivity index (χ1) is 6.25. The van der Waals surface area contributed by atoms with Crippen LogP contribution < -0.4 is 0 Å². The van der Waals surface area contributed by atoms with Crippen LogP contribution in [-0.4, -0.2) is 15.2 Å². The summed E-state index contributed by atoms with van der Waals surface area (Å²) >= 11 is 6.79. The highest BCUT2D eigenvalue weighted by molar-refractivity contribution is 7.18. The van der Waals surface area contributed by atoms with Gasteiger partial charge in [0.2, 0.25) is 4.47 Å². The Morgan fingerprint density at radius 2 is 2.15 bits per heavy atom. The third-order valence-electron chi connectivity index (χ3n) is 1.35. The molecule has 0 aliphatic carbocycles. The molecule has 2 aromatic heterocycles. The predicted molar refractivity (Wildman–Crippen MR) is 48.1 cm³/mol. The maximum atomic E-state index is 12.5. The van der Waals surface area contributed by atoms with E-state index in [1.165, 1.54) is 23.5 Å². The lowest BCUT2D eigenvalue weighted by Gasteiger charge is -1.91. The van der Waals surface area contributed by atoms with Crippen molar-refractivity contribution in [1.82, 2.24) is 15.2 Å². The number of halogens is 2. The topological polar surface area (TPSA) is 38.7 Å². The van der Waals surface area contributed by atoms with Gasteiger partial charge in [-0.25, -0.2) is 4.39 Å². The minimum Gasteiger partial charge on any atom is -0.251 e. The number of nitrogens with zero attached hydrogens (tertiary/aromatic N) is 3. The summed E-state index contributed by atoms with van der Waals surface area (Å²) in [5, 5.41) is 7.97. The molecule has 0 amide bonds. The highest BCUT2D eigenvalue weighted by atomic mass is 35.5. The Bertz CT molecular complexity index is 414. The first-order valence-corrected chi connectivity index (χ1v) is 4.56. The van der Waals surface area contributed by atoms with Crippen molar-refractivity contribution in [3.63, 3.8) is 0 Å². The molecule has 3 nitrogen and oxygen atoms in total. The molecular weight excluding hydrogens is 213 g/mol. The van der Waals surface area contributed by atoms with E-state index in [1.54, 1.807) is 0 Å². The first kappa shape index (κ1) is 8.52. The van der Waals surface area contributed by atoms with Crippen molar-refractivity contribution in [3.05, 3.63) is 28.6 Å². The third kappa shape index (κ3) is 1.81. The van der Waals surface area contributed by atoms with E-state index in [1.807, 2.05) is 0 Å². The monoisotopic (exact) mass is 215 g/mol. The zero-order valence-electron chi connectivity index (χ0n) is 6.24. The van der Waals surface area contributed by atoms with Gasteiger partial charge in [-0.15, -0.1) is 10.2 Å². The Hall–Kier alpha value is -1.07. The van der Waals surface area contributed by atoms with E-state index in [9.17, 15) is 4.39 Å². The van der Waals surface area contributed by atoms with Gasteiger partial charge in [-0.3, -0.25) is 4.98 Å². The van der Waals surface area contributed by atoms with Crippen molar-refractivity contribution in [2.24, 2.45) is 0 Å². The minimum absolute atomic E-state index is 0.348. The normalized spacial score (nSPS) is 10.3. The van der Waals surface area contributed by atoms with Crippen LogP contribution in [0.1, 0.15) is 0 Å². The largest absolute Gasteiger partial charge is 0.251 e. The number of pyridine rings is 1. The van der Waals surface area contributed by atoms with Crippen molar-refractivity contribution in [3.8, 4) is 10.7 Å². The lowest BCUT2D eigenvalue weighted by molar-refractivity contribution is 0.622. The Morgan fingerprint density at radius 1 is 1.31 bits per heavy atom. The molecule has 0 unspecified atom stereocenters. The second-order valence-electron chi connectivity index (χ2n) is 2.22. The Labute approximate surface area is 82.2 Å².